The summed E-state index contributed by atoms with van der Waals surface area (Å²) in [5, 5.41) is 0. The Balaban J connectivity index is 1.88. The van der Waals surface area contributed by atoms with Gasteiger partial charge in [-0.2, -0.15) is 0 Å². The Morgan fingerprint density at radius 1 is 1.38 bits per heavy atom. The molecule has 2 rings (SSSR count). The first-order valence-electron chi connectivity index (χ1n) is 5.39. The van der Waals surface area contributed by atoms with E-state index in [-0.39, 0.29) is 11.9 Å². The Kier molecular flexibility index (Phi) is 4.32. The number of hydrogen-bond donors (Lipinski definition) is 0. The lowest BCUT2D eigenvalue weighted by atomic mass is 10.1. The first-order valence-corrected chi connectivity index (χ1v) is 6.18. The third-order valence-corrected chi connectivity index (χ3v) is 3.15. The molecule has 0 atom stereocenters. The molecule has 1 saturated heterocycles. The van der Waals surface area contributed by atoms with Crippen LogP contribution in [-0.2, 0) is 16.1 Å². The number of benzene rings is 1. The van der Waals surface area contributed by atoms with Crippen molar-refractivity contribution >= 4 is 15.9 Å². The minimum absolute atomic E-state index is 0.205. The molecule has 0 N–H and O–H groups in total. The molecule has 0 unspecified atom stereocenters. The van der Waals surface area contributed by atoms with Crippen molar-refractivity contribution in [3.05, 3.63) is 34.1 Å². The zero-order valence-electron chi connectivity index (χ0n) is 8.92. The predicted octanol–water partition coefficient (Wildman–Crippen LogP) is 3.28. The minimum atomic E-state index is -0.221. The molecule has 0 radical (unpaired) electrons. The lowest BCUT2D eigenvalue weighted by molar-refractivity contribution is -0.0397. The molecule has 0 spiro atoms. The molecular formula is C12H14BrFO2. The Morgan fingerprint density at radius 3 is 2.81 bits per heavy atom. The second kappa shape index (κ2) is 5.75. The Morgan fingerprint density at radius 2 is 2.12 bits per heavy atom. The molecule has 2 nitrogen and oxygen atoms in total. The number of rotatable bonds is 3. The van der Waals surface area contributed by atoms with Crippen molar-refractivity contribution in [3.63, 3.8) is 0 Å². The van der Waals surface area contributed by atoms with Gasteiger partial charge in [0.2, 0.25) is 0 Å². The average molecular weight is 289 g/mol. The molecule has 1 fully saturated rings. The van der Waals surface area contributed by atoms with E-state index in [1.54, 1.807) is 6.07 Å². The standard InChI is InChI=1S/C12H14BrFO2/c13-10-2-1-9(12(14)7-10)8-16-11-3-5-15-6-4-11/h1-2,7,11H,3-6,8H2. The van der Waals surface area contributed by atoms with Gasteiger partial charge in [0.15, 0.2) is 0 Å². The maximum atomic E-state index is 13.5. The molecule has 1 aromatic rings. The van der Waals surface area contributed by atoms with Gasteiger partial charge in [0.05, 0.1) is 12.7 Å². The number of halogens is 2. The first kappa shape index (κ1) is 12.0. The van der Waals surface area contributed by atoms with Crippen LogP contribution < -0.4 is 0 Å². The molecule has 88 valence electrons. The minimum Gasteiger partial charge on any atom is -0.381 e. The van der Waals surface area contributed by atoms with Crippen LogP contribution in [0.3, 0.4) is 0 Å². The van der Waals surface area contributed by atoms with Gasteiger partial charge in [-0.3, -0.25) is 0 Å². The second-order valence-corrected chi connectivity index (χ2v) is 4.77. The van der Waals surface area contributed by atoms with E-state index in [0.29, 0.717) is 12.2 Å². The summed E-state index contributed by atoms with van der Waals surface area (Å²) < 4.78 is 25.1. The van der Waals surface area contributed by atoms with Crippen molar-refractivity contribution in [3.8, 4) is 0 Å². The molecular weight excluding hydrogens is 275 g/mol. The van der Waals surface area contributed by atoms with Crippen molar-refractivity contribution in [1.82, 2.24) is 0 Å². The van der Waals surface area contributed by atoms with Crippen LogP contribution in [-0.4, -0.2) is 19.3 Å². The summed E-state index contributed by atoms with van der Waals surface area (Å²) >= 11 is 3.23. The SMILES string of the molecule is Fc1cc(Br)ccc1COC1CCOCC1. The van der Waals surface area contributed by atoms with Gasteiger partial charge >= 0.3 is 0 Å². The molecule has 16 heavy (non-hydrogen) atoms. The van der Waals surface area contributed by atoms with Gasteiger partial charge in [0, 0.05) is 23.2 Å². The van der Waals surface area contributed by atoms with E-state index in [4.69, 9.17) is 9.47 Å². The summed E-state index contributed by atoms with van der Waals surface area (Å²) in [4.78, 5) is 0. The molecule has 0 saturated carbocycles. The maximum Gasteiger partial charge on any atom is 0.129 e. The smallest absolute Gasteiger partial charge is 0.129 e. The molecule has 0 bridgehead atoms. The molecule has 4 heteroatoms. The first-order chi connectivity index (χ1) is 7.75. The summed E-state index contributed by atoms with van der Waals surface area (Å²) in [5.41, 5.74) is 0.606. The Bertz CT molecular complexity index is 351. The lowest BCUT2D eigenvalue weighted by Gasteiger charge is -2.22. The fourth-order valence-electron chi connectivity index (χ4n) is 1.69. The highest BCUT2D eigenvalue weighted by atomic mass is 79.9. The van der Waals surface area contributed by atoms with Gasteiger partial charge < -0.3 is 9.47 Å². The van der Waals surface area contributed by atoms with Crippen molar-refractivity contribution in [2.24, 2.45) is 0 Å². The van der Waals surface area contributed by atoms with Crippen LogP contribution in [0.25, 0.3) is 0 Å². The quantitative estimate of drug-likeness (QED) is 0.850. The van der Waals surface area contributed by atoms with E-state index in [1.165, 1.54) is 6.07 Å². The van der Waals surface area contributed by atoms with Crippen molar-refractivity contribution < 1.29 is 13.9 Å². The van der Waals surface area contributed by atoms with Gasteiger partial charge in [-0.25, -0.2) is 4.39 Å². The van der Waals surface area contributed by atoms with Crippen LogP contribution in [0.2, 0.25) is 0 Å². The molecule has 0 aliphatic carbocycles. The van der Waals surface area contributed by atoms with Crippen LogP contribution >= 0.6 is 15.9 Å². The number of ether oxygens (including phenoxy) is 2. The van der Waals surface area contributed by atoms with Gasteiger partial charge in [-0.15, -0.1) is 0 Å². The van der Waals surface area contributed by atoms with E-state index in [2.05, 4.69) is 15.9 Å². The highest BCUT2D eigenvalue weighted by Crippen LogP contribution is 2.18. The lowest BCUT2D eigenvalue weighted by Crippen LogP contribution is -2.23. The molecule has 1 heterocycles. The highest BCUT2D eigenvalue weighted by Gasteiger charge is 2.14. The summed E-state index contributed by atoms with van der Waals surface area (Å²) in [6.45, 7) is 1.82. The zero-order chi connectivity index (χ0) is 11.4. The summed E-state index contributed by atoms with van der Waals surface area (Å²) in [6.07, 6.45) is 2.01. The van der Waals surface area contributed by atoms with E-state index >= 15 is 0 Å². The van der Waals surface area contributed by atoms with Crippen LogP contribution in [0.15, 0.2) is 22.7 Å². The maximum absolute atomic E-state index is 13.5. The molecule has 1 aliphatic rings. The highest BCUT2D eigenvalue weighted by molar-refractivity contribution is 9.10. The fraction of sp³-hybridized carbons (Fsp3) is 0.500. The largest absolute Gasteiger partial charge is 0.381 e. The summed E-state index contributed by atoms with van der Waals surface area (Å²) in [6, 6.07) is 5.03. The fourth-order valence-corrected chi connectivity index (χ4v) is 2.02. The van der Waals surface area contributed by atoms with E-state index < -0.39 is 0 Å². The summed E-state index contributed by atoms with van der Waals surface area (Å²) in [7, 11) is 0. The molecule has 1 aromatic carbocycles. The zero-order valence-corrected chi connectivity index (χ0v) is 10.5. The molecule has 1 aliphatic heterocycles. The topological polar surface area (TPSA) is 18.5 Å². The normalized spacial score (nSPS) is 17.6. The van der Waals surface area contributed by atoms with Crippen LogP contribution in [0.1, 0.15) is 18.4 Å². The van der Waals surface area contributed by atoms with Crippen molar-refractivity contribution in [2.45, 2.75) is 25.6 Å². The average Bonchev–Trinajstić information content (AvgIpc) is 2.29. The van der Waals surface area contributed by atoms with Gasteiger partial charge in [0.25, 0.3) is 0 Å². The molecule has 0 aromatic heterocycles. The van der Waals surface area contributed by atoms with E-state index in [0.717, 1.165) is 30.5 Å². The predicted molar refractivity (Wildman–Crippen MR) is 62.7 cm³/mol. The van der Waals surface area contributed by atoms with Gasteiger partial charge in [-0.1, -0.05) is 22.0 Å². The van der Waals surface area contributed by atoms with Crippen LogP contribution in [0.4, 0.5) is 4.39 Å². The van der Waals surface area contributed by atoms with Gasteiger partial charge in [-0.05, 0) is 25.0 Å². The number of hydrogen-bond acceptors (Lipinski definition) is 2. The van der Waals surface area contributed by atoms with Gasteiger partial charge in [0.1, 0.15) is 5.82 Å². The van der Waals surface area contributed by atoms with E-state index in [9.17, 15) is 4.39 Å². The van der Waals surface area contributed by atoms with E-state index in [1.807, 2.05) is 6.07 Å². The molecule has 0 amide bonds. The van der Waals surface area contributed by atoms with Crippen LogP contribution in [0, 0.1) is 5.82 Å². The third-order valence-electron chi connectivity index (χ3n) is 2.66. The third kappa shape index (κ3) is 3.27. The Labute approximate surface area is 103 Å². The van der Waals surface area contributed by atoms with Crippen molar-refractivity contribution in [1.29, 1.82) is 0 Å². The van der Waals surface area contributed by atoms with Crippen molar-refractivity contribution in [2.75, 3.05) is 13.2 Å². The second-order valence-electron chi connectivity index (χ2n) is 3.86. The van der Waals surface area contributed by atoms with Crippen LogP contribution in [0.5, 0.6) is 0 Å². The monoisotopic (exact) mass is 288 g/mol. The summed E-state index contributed by atoms with van der Waals surface area (Å²) in [5.74, 6) is -0.221. The Hall–Kier alpha value is -0.450.